The molecule has 2 aromatic heterocycles. The lowest BCUT2D eigenvalue weighted by molar-refractivity contribution is 0.201. The van der Waals surface area contributed by atoms with E-state index >= 15 is 0 Å². The Bertz CT molecular complexity index is 1410. The first-order valence-electron chi connectivity index (χ1n) is 8.80. The number of nitrogens with one attached hydrogen (secondary N) is 1. The molecular formula is C19H18N4O5S. The Labute approximate surface area is 165 Å². The summed E-state index contributed by atoms with van der Waals surface area (Å²) in [5, 5.41) is 15.5. The maximum Gasteiger partial charge on any atom is 0.281 e. The fourth-order valence-electron chi connectivity index (χ4n) is 3.23. The first-order valence-corrected chi connectivity index (χ1v) is 10.3. The van der Waals surface area contributed by atoms with Crippen LogP contribution < -0.4 is 10.3 Å². The average molecular weight is 414 g/mol. The minimum Gasteiger partial charge on any atom is -0.491 e. The van der Waals surface area contributed by atoms with E-state index in [1.807, 2.05) is 6.92 Å². The molecule has 29 heavy (non-hydrogen) atoms. The highest BCUT2D eigenvalue weighted by atomic mass is 32.2. The first-order chi connectivity index (χ1) is 13.8. The third-order valence-electron chi connectivity index (χ3n) is 4.54. The van der Waals surface area contributed by atoms with Gasteiger partial charge < -0.3 is 9.84 Å². The van der Waals surface area contributed by atoms with Crippen LogP contribution in [0.2, 0.25) is 0 Å². The van der Waals surface area contributed by atoms with Crippen molar-refractivity contribution in [3.63, 3.8) is 0 Å². The highest BCUT2D eigenvalue weighted by Crippen LogP contribution is 2.27. The van der Waals surface area contributed by atoms with E-state index < -0.39 is 15.4 Å². The second-order valence-corrected chi connectivity index (χ2v) is 8.45. The Balaban J connectivity index is 1.96. The lowest BCUT2D eigenvalue weighted by Crippen LogP contribution is -2.13. The van der Waals surface area contributed by atoms with E-state index in [0.717, 1.165) is 5.56 Å². The molecule has 2 heterocycles. The van der Waals surface area contributed by atoms with Crippen LogP contribution in [-0.4, -0.2) is 46.5 Å². The molecule has 0 atom stereocenters. The molecule has 2 N–H and O–H groups in total. The molecule has 10 heteroatoms. The van der Waals surface area contributed by atoms with Crippen LogP contribution in [-0.2, 0) is 9.84 Å². The number of aryl methyl sites for hydroxylation is 2. The average Bonchev–Trinajstić information content (AvgIpc) is 3.10. The van der Waals surface area contributed by atoms with Gasteiger partial charge in [-0.25, -0.2) is 18.1 Å². The quantitative estimate of drug-likeness (QED) is 0.505. The fraction of sp³-hybridized carbons (Fsp3) is 0.211. The Morgan fingerprint density at radius 2 is 1.97 bits per heavy atom. The Morgan fingerprint density at radius 3 is 2.69 bits per heavy atom. The number of ether oxygens (including phenoxy) is 1. The molecule has 0 aliphatic rings. The van der Waals surface area contributed by atoms with Crippen LogP contribution in [0.4, 0.5) is 0 Å². The number of aromatic amines is 1. The van der Waals surface area contributed by atoms with Crippen LogP contribution in [0, 0.1) is 13.8 Å². The Morgan fingerprint density at radius 1 is 1.17 bits per heavy atom. The molecule has 4 aromatic rings. The second-order valence-electron chi connectivity index (χ2n) is 6.62. The molecule has 0 fully saturated rings. The third-order valence-corrected chi connectivity index (χ3v) is 6.36. The van der Waals surface area contributed by atoms with Gasteiger partial charge in [0.25, 0.3) is 5.56 Å². The summed E-state index contributed by atoms with van der Waals surface area (Å²) in [7, 11) is -4.01. The molecule has 0 saturated heterocycles. The van der Waals surface area contributed by atoms with Crippen LogP contribution in [0.25, 0.3) is 16.6 Å². The van der Waals surface area contributed by atoms with E-state index in [-0.39, 0.29) is 34.2 Å². The molecule has 9 nitrogen and oxygen atoms in total. The first kappa shape index (κ1) is 19.1. The molecule has 0 amide bonds. The van der Waals surface area contributed by atoms with Crippen molar-refractivity contribution in [1.82, 2.24) is 19.8 Å². The van der Waals surface area contributed by atoms with Crippen molar-refractivity contribution in [2.24, 2.45) is 0 Å². The number of benzene rings is 2. The summed E-state index contributed by atoms with van der Waals surface area (Å²) in [6.07, 6.45) is 0. The van der Waals surface area contributed by atoms with Gasteiger partial charge in [-0.15, -0.1) is 5.10 Å². The van der Waals surface area contributed by atoms with Crippen molar-refractivity contribution in [1.29, 1.82) is 0 Å². The molecule has 0 unspecified atom stereocenters. The van der Waals surface area contributed by atoms with Crippen molar-refractivity contribution in [3.8, 4) is 5.75 Å². The van der Waals surface area contributed by atoms with Gasteiger partial charge in [0, 0.05) is 6.07 Å². The zero-order valence-electron chi connectivity index (χ0n) is 15.7. The smallest absolute Gasteiger partial charge is 0.281 e. The lowest BCUT2D eigenvalue weighted by Gasteiger charge is -2.07. The maximum absolute atomic E-state index is 13.2. The molecule has 150 valence electrons. The van der Waals surface area contributed by atoms with Gasteiger partial charge in [0.15, 0.2) is 5.65 Å². The number of aromatic nitrogens is 4. The van der Waals surface area contributed by atoms with Gasteiger partial charge in [-0.3, -0.25) is 4.79 Å². The molecule has 0 radical (unpaired) electrons. The van der Waals surface area contributed by atoms with Gasteiger partial charge in [-0.2, -0.15) is 4.98 Å². The largest absolute Gasteiger partial charge is 0.491 e. The number of hydrogen-bond donors (Lipinski definition) is 2. The Hall–Kier alpha value is -3.24. The number of H-pyrrole nitrogens is 1. The maximum atomic E-state index is 13.2. The summed E-state index contributed by atoms with van der Waals surface area (Å²) in [5.41, 5.74) is 1.21. The monoisotopic (exact) mass is 414 g/mol. The second kappa shape index (κ2) is 6.98. The topological polar surface area (TPSA) is 127 Å². The van der Waals surface area contributed by atoms with Crippen LogP contribution in [0.1, 0.15) is 11.1 Å². The molecule has 0 saturated carbocycles. The molecule has 2 aromatic carbocycles. The van der Waals surface area contributed by atoms with Crippen molar-refractivity contribution < 1.29 is 18.3 Å². The van der Waals surface area contributed by atoms with E-state index in [0.29, 0.717) is 16.8 Å². The molecule has 0 spiro atoms. The predicted molar refractivity (Wildman–Crippen MR) is 105 cm³/mol. The van der Waals surface area contributed by atoms with E-state index in [9.17, 15) is 13.2 Å². The molecular weight excluding hydrogens is 396 g/mol. The number of hydrogen-bond acceptors (Lipinski definition) is 7. The van der Waals surface area contributed by atoms with Crippen LogP contribution in [0.15, 0.2) is 51.1 Å². The third kappa shape index (κ3) is 3.15. The van der Waals surface area contributed by atoms with Crippen molar-refractivity contribution in [2.45, 2.75) is 23.8 Å². The van der Waals surface area contributed by atoms with Crippen molar-refractivity contribution in [3.05, 3.63) is 57.9 Å². The van der Waals surface area contributed by atoms with E-state index in [1.54, 1.807) is 31.2 Å². The van der Waals surface area contributed by atoms with Crippen LogP contribution >= 0.6 is 0 Å². The highest BCUT2D eigenvalue weighted by molar-refractivity contribution is 7.91. The number of aliphatic hydroxyl groups excluding tert-OH is 1. The molecule has 0 aliphatic carbocycles. The number of nitrogens with zero attached hydrogens (tertiary/aromatic N) is 3. The minimum absolute atomic E-state index is 0.0872. The zero-order chi connectivity index (χ0) is 20.8. The highest BCUT2D eigenvalue weighted by Gasteiger charge is 2.27. The van der Waals surface area contributed by atoms with Crippen LogP contribution in [0.3, 0.4) is 0 Å². The van der Waals surface area contributed by atoms with E-state index in [2.05, 4.69) is 15.3 Å². The number of aliphatic hydroxyl groups is 1. The molecule has 0 aliphatic heterocycles. The van der Waals surface area contributed by atoms with Crippen molar-refractivity contribution in [2.75, 3.05) is 13.2 Å². The van der Waals surface area contributed by atoms with E-state index in [1.165, 1.54) is 16.6 Å². The summed E-state index contributed by atoms with van der Waals surface area (Å²) < 4.78 is 33.1. The van der Waals surface area contributed by atoms with Gasteiger partial charge in [0.1, 0.15) is 12.4 Å². The van der Waals surface area contributed by atoms with Crippen molar-refractivity contribution >= 4 is 26.4 Å². The molecule has 0 bridgehead atoms. The van der Waals surface area contributed by atoms with Gasteiger partial charge in [-0.05, 0) is 37.6 Å². The fourth-order valence-corrected chi connectivity index (χ4v) is 4.70. The summed E-state index contributed by atoms with van der Waals surface area (Å²) in [6, 6.07) is 9.66. The van der Waals surface area contributed by atoms with E-state index in [4.69, 9.17) is 9.84 Å². The summed E-state index contributed by atoms with van der Waals surface area (Å²) in [5.74, 6) is 0.416. The van der Waals surface area contributed by atoms with Crippen LogP contribution in [0.5, 0.6) is 5.75 Å². The predicted octanol–water partition coefficient (Wildman–Crippen LogP) is 1.39. The van der Waals surface area contributed by atoms with Gasteiger partial charge in [0.05, 0.1) is 22.4 Å². The minimum atomic E-state index is -4.01. The zero-order valence-corrected chi connectivity index (χ0v) is 16.5. The summed E-state index contributed by atoms with van der Waals surface area (Å²) in [4.78, 5) is 16.6. The van der Waals surface area contributed by atoms with Gasteiger partial charge in [0.2, 0.25) is 14.9 Å². The summed E-state index contributed by atoms with van der Waals surface area (Å²) >= 11 is 0. The van der Waals surface area contributed by atoms with Gasteiger partial charge >= 0.3 is 0 Å². The Kier molecular flexibility index (Phi) is 4.59. The number of sulfone groups is 1. The SMILES string of the molecule is Cc1ccc(S(=O)(=O)c2n[nH]n3c2nc(=O)c2ccc(OCCO)cc23)c(C)c1. The number of fused-ring (bicyclic) bond motifs is 3. The van der Waals surface area contributed by atoms with Gasteiger partial charge in [-0.1, -0.05) is 17.7 Å². The normalized spacial score (nSPS) is 12.0. The number of rotatable bonds is 5. The lowest BCUT2D eigenvalue weighted by atomic mass is 10.2. The standard InChI is InChI=1S/C19H18N4O5S/c1-11-3-6-16(12(2)9-11)29(26,27)19-17-20-18(25)14-5-4-13(28-8-7-24)10-15(14)23(17)22-21-19/h3-6,9-10,22,24H,7-8H2,1-2H3. The summed E-state index contributed by atoms with van der Waals surface area (Å²) in [6.45, 7) is 3.50. The molecule has 4 rings (SSSR count).